The molecule has 104 valence electrons. The molecule has 3 rings (SSSR count). The Kier molecular flexibility index (Phi) is 4.43. The molecule has 0 radical (unpaired) electrons. The molecule has 2 aliphatic rings. The first kappa shape index (κ1) is 13.8. The van der Waals surface area contributed by atoms with Gasteiger partial charge in [0, 0.05) is 17.2 Å². The quantitative estimate of drug-likeness (QED) is 0.736. The number of rotatable bonds is 3. The van der Waals surface area contributed by atoms with Crippen LogP contribution in [-0.4, -0.2) is 5.78 Å². The van der Waals surface area contributed by atoms with Crippen molar-refractivity contribution in [2.24, 2.45) is 17.8 Å². The van der Waals surface area contributed by atoms with E-state index in [4.69, 9.17) is 0 Å². The molecule has 0 spiro atoms. The Labute approximate surface area is 127 Å². The van der Waals surface area contributed by atoms with Gasteiger partial charge in [0.15, 0.2) is 0 Å². The monoisotopic (exact) mass is 340 g/mol. The Bertz CT molecular complexity index is 453. The largest absolute Gasteiger partial charge is 0.299 e. The summed E-state index contributed by atoms with van der Waals surface area (Å²) in [6.07, 6.45) is 9.88. The molecule has 1 nitrogen and oxygen atoms in total. The summed E-state index contributed by atoms with van der Waals surface area (Å²) in [7, 11) is 0. The van der Waals surface area contributed by atoms with Crippen LogP contribution in [0.15, 0.2) is 15.9 Å². The van der Waals surface area contributed by atoms with Gasteiger partial charge in [0.25, 0.3) is 0 Å². The lowest BCUT2D eigenvalue weighted by Crippen LogP contribution is -2.31. The van der Waals surface area contributed by atoms with Gasteiger partial charge >= 0.3 is 0 Å². The van der Waals surface area contributed by atoms with Crippen LogP contribution in [0.5, 0.6) is 0 Å². The van der Waals surface area contributed by atoms with Crippen LogP contribution in [0.1, 0.15) is 49.8 Å². The molecule has 0 N–H and O–H groups in total. The van der Waals surface area contributed by atoms with Crippen LogP contribution in [0.2, 0.25) is 0 Å². The molecule has 2 saturated carbocycles. The van der Waals surface area contributed by atoms with Crippen molar-refractivity contribution >= 4 is 33.0 Å². The molecule has 3 unspecified atom stereocenters. The molecule has 19 heavy (non-hydrogen) atoms. The lowest BCUT2D eigenvalue weighted by atomic mass is 9.66. The molecular formula is C16H21BrOS. The highest BCUT2D eigenvalue weighted by Crippen LogP contribution is 2.43. The third-order valence-electron chi connectivity index (χ3n) is 4.97. The molecule has 0 amide bonds. The van der Waals surface area contributed by atoms with E-state index in [1.807, 2.05) is 6.07 Å². The number of Topliss-reactive ketones (excluding diaryl/α,β-unsaturated/α-hetero) is 1. The van der Waals surface area contributed by atoms with Gasteiger partial charge in [-0.3, -0.25) is 4.79 Å². The summed E-state index contributed by atoms with van der Waals surface area (Å²) in [5.74, 6) is 2.62. The number of ketones is 1. The Morgan fingerprint density at radius 2 is 1.95 bits per heavy atom. The SMILES string of the molecule is O=C(Cc1ccc(Br)s1)C1CCC2CCCCC2C1. The van der Waals surface area contributed by atoms with Gasteiger partial charge in [-0.1, -0.05) is 25.7 Å². The maximum atomic E-state index is 12.4. The molecular weight excluding hydrogens is 320 g/mol. The van der Waals surface area contributed by atoms with Crippen LogP contribution < -0.4 is 0 Å². The predicted octanol–water partition coefficient (Wildman–Crippen LogP) is 5.23. The van der Waals surface area contributed by atoms with Crippen molar-refractivity contribution in [1.82, 2.24) is 0 Å². The fourth-order valence-corrected chi connectivity index (χ4v) is 5.42. The summed E-state index contributed by atoms with van der Waals surface area (Å²) in [6.45, 7) is 0. The molecule has 1 aromatic heterocycles. The number of hydrogen-bond acceptors (Lipinski definition) is 2. The predicted molar refractivity (Wildman–Crippen MR) is 83.5 cm³/mol. The molecule has 2 fully saturated rings. The van der Waals surface area contributed by atoms with Crippen molar-refractivity contribution in [2.75, 3.05) is 0 Å². The Hall–Kier alpha value is -0.150. The van der Waals surface area contributed by atoms with Crippen LogP contribution in [0.4, 0.5) is 0 Å². The summed E-state index contributed by atoms with van der Waals surface area (Å²) in [4.78, 5) is 13.7. The Morgan fingerprint density at radius 3 is 2.68 bits per heavy atom. The maximum absolute atomic E-state index is 12.4. The fourth-order valence-electron chi connectivity index (χ4n) is 3.93. The highest BCUT2D eigenvalue weighted by Gasteiger charge is 2.34. The second kappa shape index (κ2) is 6.09. The molecule has 1 aromatic rings. The number of halogens is 1. The van der Waals surface area contributed by atoms with Crippen LogP contribution in [0.25, 0.3) is 0 Å². The number of carbonyl (C=O) groups is 1. The summed E-state index contributed by atoms with van der Waals surface area (Å²) >= 11 is 5.17. The van der Waals surface area contributed by atoms with Gasteiger partial charge in [-0.2, -0.15) is 0 Å². The van der Waals surface area contributed by atoms with E-state index >= 15 is 0 Å². The topological polar surface area (TPSA) is 17.1 Å². The zero-order valence-corrected chi connectivity index (χ0v) is 13.6. The first-order valence-corrected chi connectivity index (χ1v) is 9.10. The molecule has 0 aliphatic heterocycles. The average Bonchev–Trinajstić information content (AvgIpc) is 2.83. The Balaban J connectivity index is 1.58. The van der Waals surface area contributed by atoms with E-state index in [0.29, 0.717) is 18.1 Å². The van der Waals surface area contributed by atoms with Crippen LogP contribution >= 0.6 is 27.3 Å². The van der Waals surface area contributed by atoms with Crippen molar-refractivity contribution in [3.63, 3.8) is 0 Å². The summed E-state index contributed by atoms with van der Waals surface area (Å²) in [5.41, 5.74) is 0. The van der Waals surface area contributed by atoms with Crippen LogP contribution in [0, 0.1) is 17.8 Å². The standard InChI is InChI=1S/C16H21BrOS/c17-16-8-7-14(19-16)10-15(18)13-6-5-11-3-1-2-4-12(11)9-13/h7-8,11-13H,1-6,9-10H2. The fraction of sp³-hybridized carbons (Fsp3) is 0.688. The van der Waals surface area contributed by atoms with Crippen LogP contribution in [0.3, 0.4) is 0 Å². The van der Waals surface area contributed by atoms with E-state index < -0.39 is 0 Å². The van der Waals surface area contributed by atoms with E-state index in [9.17, 15) is 4.79 Å². The smallest absolute Gasteiger partial charge is 0.141 e. The van der Waals surface area contributed by atoms with Gasteiger partial charge in [0.05, 0.1) is 3.79 Å². The zero-order chi connectivity index (χ0) is 13.2. The molecule has 1 heterocycles. The number of hydrogen-bond donors (Lipinski definition) is 0. The summed E-state index contributed by atoms with van der Waals surface area (Å²) < 4.78 is 1.13. The van der Waals surface area contributed by atoms with E-state index in [1.54, 1.807) is 11.3 Å². The minimum atomic E-state index is 0.347. The van der Waals surface area contributed by atoms with Gasteiger partial charge in [0.1, 0.15) is 5.78 Å². The molecule has 2 aliphatic carbocycles. The average molecular weight is 341 g/mol. The van der Waals surface area contributed by atoms with Crippen molar-refractivity contribution in [3.8, 4) is 0 Å². The molecule has 3 heteroatoms. The third kappa shape index (κ3) is 3.30. The maximum Gasteiger partial charge on any atom is 0.141 e. The summed E-state index contributed by atoms with van der Waals surface area (Å²) in [6, 6.07) is 4.13. The minimum absolute atomic E-state index is 0.347. The van der Waals surface area contributed by atoms with E-state index in [1.165, 1.54) is 43.4 Å². The molecule has 3 atom stereocenters. The number of fused-ring (bicyclic) bond motifs is 1. The van der Waals surface area contributed by atoms with Crippen molar-refractivity contribution in [2.45, 2.75) is 51.4 Å². The first-order valence-electron chi connectivity index (χ1n) is 7.49. The minimum Gasteiger partial charge on any atom is -0.299 e. The van der Waals surface area contributed by atoms with Gasteiger partial charge in [-0.05, 0) is 59.2 Å². The normalized spacial score (nSPS) is 30.9. The van der Waals surface area contributed by atoms with Gasteiger partial charge in [0.2, 0.25) is 0 Å². The van der Waals surface area contributed by atoms with E-state index in [-0.39, 0.29) is 0 Å². The summed E-state index contributed by atoms with van der Waals surface area (Å²) in [5, 5.41) is 0. The third-order valence-corrected chi connectivity index (χ3v) is 6.60. The molecule has 0 aromatic carbocycles. The number of carbonyl (C=O) groups excluding carboxylic acids is 1. The second-order valence-corrected chi connectivity index (χ2v) is 8.71. The Morgan fingerprint density at radius 1 is 1.16 bits per heavy atom. The first-order chi connectivity index (χ1) is 9.22. The van der Waals surface area contributed by atoms with Crippen LogP contribution in [-0.2, 0) is 11.2 Å². The van der Waals surface area contributed by atoms with E-state index in [2.05, 4.69) is 22.0 Å². The van der Waals surface area contributed by atoms with Gasteiger partial charge in [-0.15, -0.1) is 11.3 Å². The zero-order valence-electron chi connectivity index (χ0n) is 11.2. The van der Waals surface area contributed by atoms with Gasteiger partial charge in [-0.25, -0.2) is 0 Å². The lowest BCUT2D eigenvalue weighted by Gasteiger charge is -2.38. The highest BCUT2D eigenvalue weighted by atomic mass is 79.9. The van der Waals surface area contributed by atoms with E-state index in [0.717, 1.165) is 22.0 Å². The van der Waals surface area contributed by atoms with Crippen molar-refractivity contribution in [1.29, 1.82) is 0 Å². The number of thiophene rings is 1. The highest BCUT2D eigenvalue weighted by molar-refractivity contribution is 9.11. The van der Waals surface area contributed by atoms with Crippen molar-refractivity contribution < 1.29 is 4.79 Å². The second-order valence-electron chi connectivity index (χ2n) is 6.16. The molecule has 0 saturated heterocycles. The van der Waals surface area contributed by atoms with Crippen molar-refractivity contribution in [3.05, 3.63) is 20.8 Å². The van der Waals surface area contributed by atoms with Gasteiger partial charge < -0.3 is 0 Å². The molecule has 0 bridgehead atoms. The lowest BCUT2D eigenvalue weighted by molar-refractivity contribution is -0.124.